The highest BCUT2D eigenvalue weighted by Crippen LogP contribution is 2.06. The number of hydrogen-bond acceptors (Lipinski definition) is 2. The molecule has 3 heteroatoms. The summed E-state index contributed by atoms with van der Waals surface area (Å²) in [5.74, 6) is 1.08. The summed E-state index contributed by atoms with van der Waals surface area (Å²) in [7, 11) is 1.94. The zero-order chi connectivity index (χ0) is 8.27. The van der Waals surface area contributed by atoms with Gasteiger partial charge in [0.2, 0.25) is 0 Å². The number of nitrogens with one attached hydrogen (secondary N) is 1. The lowest BCUT2D eigenvalue weighted by molar-refractivity contribution is 0.717. The highest BCUT2D eigenvalue weighted by molar-refractivity contribution is 5.34. The summed E-state index contributed by atoms with van der Waals surface area (Å²) < 4.78 is 1.84. The molecule has 11 heavy (non-hydrogen) atoms. The third-order valence-electron chi connectivity index (χ3n) is 1.83. The average Bonchev–Trinajstić information content (AvgIpc) is 2.37. The topological polar surface area (TPSA) is 29.9 Å². The maximum Gasteiger partial charge on any atom is 0.124 e. The van der Waals surface area contributed by atoms with E-state index in [1.165, 1.54) is 0 Å². The van der Waals surface area contributed by atoms with Gasteiger partial charge in [-0.25, -0.2) is 0 Å². The van der Waals surface area contributed by atoms with E-state index in [1.54, 1.807) is 6.20 Å². The van der Waals surface area contributed by atoms with Crippen molar-refractivity contribution in [3.63, 3.8) is 0 Å². The molecule has 1 rings (SSSR count). The van der Waals surface area contributed by atoms with E-state index in [2.05, 4.69) is 24.3 Å². The van der Waals surface area contributed by atoms with Crippen molar-refractivity contribution < 1.29 is 0 Å². The normalized spacial score (nSPS) is 13.0. The fraction of sp³-hybridized carbons (Fsp3) is 0.625. The molecule has 0 fully saturated rings. The molecule has 0 saturated heterocycles. The van der Waals surface area contributed by atoms with Crippen molar-refractivity contribution in [1.82, 2.24) is 9.78 Å². The summed E-state index contributed by atoms with van der Waals surface area (Å²) in [4.78, 5) is 0. The summed E-state index contributed by atoms with van der Waals surface area (Å²) in [6.45, 7) is 4.32. The Kier molecular flexibility index (Phi) is 2.52. The van der Waals surface area contributed by atoms with Gasteiger partial charge in [-0.1, -0.05) is 6.92 Å². The van der Waals surface area contributed by atoms with Gasteiger partial charge in [0, 0.05) is 19.2 Å². The lowest BCUT2D eigenvalue weighted by Crippen LogP contribution is -2.15. The van der Waals surface area contributed by atoms with E-state index < -0.39 is 0 Å². The second-order valence-corrected chi connectivity index (χ2v) is 2.79. The third kappa shape index (κ3) is 1.97. The second-order valence-electron chi connectivity index (χ2n) is 2.79. The van der Waals surface area contributed by atoms with Crippen LogP contribution in [0.1, 0.15) is 20.3 Å². The van der Waals surface area contributed by atoms with E-state index in [0.717, 1.165) is 12.2 Å². The van der Waals surface area contributed by atoms with Crippen LogP contribution in [0.4, 0.5) is 5.82 Å². The van der Waals surface area contributed by atoms with Crippen LogP contribution in [0.5, 0.6) is 0 Å². The molecular formula is C8H15N3. The Balaban J connectivity index is 2.56. The van der Waals surface area contributed by atoms with Gasteiger partial charge >= 0.3 is 0 Å². The third-order valence-corrected chi connectivity index (χ3v) is 1.83. The Morgan fingerprint density at radius 1 is 1.73 bits per heavy atom. The summed E-state index contributed by atoms with van der Waals surface area (Å²) >= 11 is 0. The van der Waals surface area contributed by atoms with E-state index in [4.69, 9.17) is 0 Å². The largest absolute Gasteiger partial charge is 0.368 e. The van der Waals surface area contributed by atoms with Crippen LogP contribution in [-0.4, -0.2) is 15.8 Å². The Hall–Kier alpha value is -0.990. The number of aryl methyl sites for hydroxylation is 1. The molecule has 0 amide bonds. The molecule has 0 aromatic carbocycles. The van der Waals surface area contributed by atoms with Gasteiger partial charge in [-0.3, -0.25) is 4.68 Å². The molecule has 0 aliphatic rings. The van der Waals surface area contributed by atoms with Crippen LogP contribution in [-0.2, 0) is 7.05 Å². The van der Waals surface area contributed by atoms with Crippen LogP contribution in [0.25, 0.3) is 0 Å². The lowest BCUT2D eigenvalue weighted by atomic mass is 10.3. The zero-order valence-electron chi connectivity index (χ0n) is 7.33. The minimum absolute atomic E-state index is 0.519. The molecule has 0 aliphatic heterocycles. The first-order valence-corrected chi connectivity index (χ1v) is 3.98. The summed E-state index contributed by atoms with van der Waals surface area (Å²) in [6, 6.07) is 2.50. The molecule has 1 atom stereocenters. The number of rotatable bonds is 3. The first-order chi connectivity index (χ1) is 5.24. The van der Waals surface area contributed by atoms with Crippen molar-refractivity contribution in [2.24, 2.45) is 7.05 Å². The zero-order valence-corrected chi connectivity index (χ0v) is 7.33. The van der Waals surface area contributed by atoms with Crippen molar-refractivity contribution in [2.45, 2.75) is 26.3 Å². The Labute approximate surface area is 67.4 Å². The number of nitrogens with zero attached hydrogens (tertiary/aromatic N) is 2. The van der Waals surface area contributed by atoms with Crippen LogP contribution in [0.2, 0.25) is 0 Å². The van der Waals surface area contributed by atoms with Crippen molar-refractivity contribution in [3.05, 3.63) is 12.3 Å². The first kappa shape index (κ1) is 8.11. The monoisotopic (exact) mass is 153 g/mol. The highest BCUT2D eigenvalue weighted by atomic mass is 15.3. The molecule has 62 valence electrons. The fourth-order valence-corrected chi connectivity index (χ4v) is 0.870. The van der Waals surface area contributed by atoms with Gasteiger partial charge in [0.05, 0.1) is 6.20 Å². The van der Waals surface area contributed by atoms with Crippen LogP contribution in [0.15, 0.2) is 12.3 Å². The van der Waals surface area contributed by atoms with Crippen molar-refractivity contribution in [1.29, 1.82) is 0 Å². The Morgan fingerprint density at radius 3 is 2.91 bits per heavy atom. The first-order valence-electron chi connectivity index (χ1n) is 3.98. The van der Waals surface area contributed by atoms with Crippen molar-refractivity contribution >= 4 is 5.82 Å². The Morgan fingerprint density at radius 2 is 2.45 bits per heavy atom. The molecular weight excluding hydrogens is 138 g/mol. The predicted molar refractivity (Wildman–Crippen MR) is 46.6 cm³/mol. The van der Waals surface area contributed by atoms with Gasteiger partial charge < -0.3 is 5.32 Å². The standard InChI is InChI=1S/C8H15N3/c1-4-7(2)10-8-5-6-9-11(8)3/h5-7,10H,4H2,1-3H3. The molecule has 0 aliphatic carbocycles. The summed E-state index contributed by atoms with van der Waals surface area (Å²) in [5.41, 5.74) is 0. The summed E-state index contributed by atoms with van der Waals surface area (Å²) in [5, 5.41) is 7.40. The van der Waals surface area contributed by atoms with Gasteiger partial charge in [0.25, 0.3) is 0 Å². The minimum atomic E-state index is 0.519. The van der Waals surface area contributed by atoms with E-state index in [0.29, 0.717) is 6.04 Å². The van der Waals surface area contributed by atoms with E-state index in [1.807, 2.05) is 17.8 Å². The molecule has 1 aromatic heterocycles. The van der Waals surface area contributed by atoms with Gasteiger partial charge in [-0.2, -0.15) is 5.10 Å². The maximum atomic E-state index is 4.06. The lowest BCUT2D eigenvalue weighted by Gasteiger charge is -2.11. The Bertz CT molecular complexity index is 217. The number of hydrogen-bond donors (Lipinski definition) is 1. The highest BCUT2D eigenvalue weighted by Gasteiger charge is 2.00. The SMILES string of the molecule is CCC(C)Nc1ccnn1C. The van der Waals surface area contributed by atoms with Crippen LogP contribution >= 0.6 is 0 Å². The molecule has 1 aromatic rings. The molecule has 1 heterocycles. The predicted octanol–water partition coefficient (Wildman–Crippen LogP) is 1.63. The van der Waals surface area contributed by atoms with Gasteiger partial charge in [0.15, 0.2) is 0 Å². The van der Waals surface area contributed by atoms with E-state index in [-0.39, 0.29) is 0 Å². The van der Waals surface area contributed by atoms with Gasteiger partial charge in [-0.05, 0) is 13.3 Å². The van der Waals surface area contributed by atoms with E-state index in [9.17, 15) is 0 Å². The number of anilines is 1. The summed E-state index contributed by atoms with van der Waals surface area (Å²) in [6.07, 6.45) is 2.93. The quantitative estimate of drug-likeness (QED) is 0.715. The molecule has 3 nitrogen and oxygen atoms in total. The van der Waals surface area contributed by atoms with Crippen LogP contribution in [0, 0.1) is 0 Å². The minimum Gasteiger partial charge on any atom is -0.368 e. The molecule has 1 N–H and O–H groups in total. The average molecular weight is 153 g/mol. The molecule has 0 saturated carbocycles. The van der Waals surface area contributed by atoms with Crippen molar-refractivity contribution in [3.8, 4) is 0 Å². The van der Waals surface area contributed by atoms with Crippen LogP contribution in [0.3, 0.4) is 0 Å². The van der Waals surface area contributed by atoms with Gasteiger partial charge in [0.1, 0.15) is 5.82 Å². The maximum absolute atomic E-state index is 4.06. The number of aromatic nitrogens is 2. The molecule has 0 spiro atoms. The smallest absolute Gasteiger partial charge is 0.124 e. The van der Waals surface area contributed by atoms with Crippen LogP contribution < -0.4 is 5.32 Å². The molecule has 1 unspecified atom stereocenters. The second kappa shape index (κ2) is 3.42. The molecule has 0 radical (unpaired) electrons. The fourth-order valence-electron chi connectivity index (χ4n) is 0.870. The van der Waals surface area contributed by atoms with E-state index >= 15 is 0 Å². The molecule has 0 bridgehead atoms. The van der Waals surface area contributed by atoms with Gasteiger partial charge in [-0.15, -0.1) is 0 Å². The van der Waals surface area contributed by atoms with Crippen molar-refractivity contribution in [2.75, 3.05) is 5.32 Å².